The van der Waals surface area contributed by atoms with E-state index >= 15 is 0 Å². The number of H-pyrrole nitrogens is 1. The van der Waals surface area contributed by atoms with Gasteiger partial charge in [-0.3, -0.25) is 10.1 Å². The van der Waals surface area contributed by atoms with Gasteiger partial charge in [-0.1, -0.05) is 15.9 Å². The molecule has 0 amide bonds. The number of halogens is 1. The van der Waals surface area contributed by atoms with Gasteiger partial charge in [-0.05, 0) is 49.6 Å². The van der Waals surface area contributed by atoms with Gasteiger partial charge in [-0.15, -0.1) is 11.8 Å². The molecular formula is C23H25BrN6OS. The second-order valence-electron chi connectivity index (χ2n) is 7.37. The minimum absolute atomic E-state index is 0.264. The maximum Gasteiger partial charge on any atom is 0.131 e. The van der Waals surface area contributed by atoms with Gasteiger partial charge in [0.2, 0.25) is 0 Å². The lowest BCUT2D eigenvalue weighted by molar-refractivity contribution is 0.0986. The first-order valence-electron chi connectivity index (χ1n) is 10.3. The molecule has 7 nitrogen and oxygen atoms in total. The fourth-order valence-electron chi connectivity index (χ4n) is 3.53. The molecule has 32 heavy (non-hydrogen) atoms. The van der Waals surface area contributed by atoms with E-state index in [0.29, 0.717) is 18.9 Å². The van der Waals surface area contributed by atoms with E-state index in [1.54, 1.807) is 24.2 Å². The van der Waals surface area contributed by atoms with Gasteiger partial charge in [0.15, 0.2) is 0 Å². The van der Waals surface area contributed by atoms with E-state index < -0.39 is 0 Å². The van der Waals surface area contributed by atoms with Crippen molar-refractivity contribution in [2.45, 2.75) is 17.9 Å². The summed E-state index contributed by atoms with van der Waals surface area (Å²) in [6, 6.07) is 14.2. The standard InChI is InChI=1S/C16H18N6O.C7H7BrS/c1-10-9-23-7-6-22(10)14-8-12(17)11-2-4-18-16(15(11)20-14)13-3-5-19-21-13;1-9-7-4-2-6(8)3-5-7/h2-5,8,10H,6-7,9H2,1H3,(H2,17,20)(H,19,21);2-5H,1H3. The maximum absolute atomic E-state index is 6.28. The number of nitrogen functional groups attached to an aromatic ring is 1. The first-order valence-corrected chi connectivity index (χ1v) is 12.3. The first-order chi connectivity index (χ1) is 15.6. The molecule has 0 aliphatic carbocycles. The predicted octanol–water partition coefficient (Wildman–Crippen LogP) is 5.00. The highest BCUT2D eigenvalue weighted by Gasteiger charge is 2.22. The highest BCUT2D eigenvalue weighted by molar-refractivity contribution is 9.10. The molecule has 1 aliphatic heterocycles. The van der Waals surface area contributed by atoms with Crippen molar-refractivity contribution >= 4 is 50.1 Å². The van der Waals surface area contributed by atoms with Gasteiger partial charge in [-0.25, -0.2) is 4.98 Å². The molecule has 5 rings (SSSR count). The predicted molar refractivity (Wildman–Crippen MR) is 135 cm³/mol. The monoisotopic (exact) mass is 512 g/mol. The summed E-state index contributed by atoms with van der Waals surface area (Å²) in [5, 5.41) is 7.84. The van der Waals surface area contributed by atoms with Crippen molar-refractivity contribution in [2.75, 3.05) is 36.6 Å². The number of nitrogens with one attached hydrogen (secondary N) is 1. The third kappa shape index (κ3) is 5.06. The number of aromatic nitrogens is 4. The fraction of sp³-hybridized carbons (Fsp3) is 0.261. The average Bonchev–Trinajstić information content (AvgIpc) is 3.35. The highest BCUT2D eigenvalue weighted by atomic mass is 79.9. The summed E-state index contributed by atoms with van der Waals surface area (Å²) in [6.45, 7) is 4.32. The Balaban J connectivity index is 0.000000230. The molecule has 0 spiro atoms. The summed E-state index contributed by atoms with van der Waals surface area (Å²) in [6.07, 6.45) is 5.52. The fourth-order valence-corrected chi connectivity index (χ4v) is 4.21. The summed E-state index contributed by atoms with van der Waals surface area (Å²) >= 11 is 5.12. The van der Waals surface area contributed by atoms with Crippen molar-refractivity contribution in [3.05, 3.63) is 59.3 Å². The van der Waals surface area contributed by atoms with E-state index in [0.717, 1.165) is 39.1 Å². The minimum atomic E-state index is 0.264. The molecule has 0 saturated carbocycles. The van der Waals surface area contributed by atoms with Gasteiger partial charge >= 0.3 is 0 Å². The molecule has 1 aliphatic rings. The van der Waals surface area contributed by atoms with Crippen molar-refractivity contribution in [1.82, 2.24) is 20.2 Å². The largest absolute Gasteiger partial charge is 0.398 e. The molecular weight excluding hydrogens is 488 g/mol. The molecule has 1 fully saturated rings. The number of rotatable bonds is 3. The zero-order chi connectivity index (χ0) is 22.5. The number of nitrogens with two attached hydrogens (primary N) is 1. The second kappa shape index (κ2) is 10.3. The molecule has 0 radical (unpaired) electrons. The maximum atomic E-state index is 6.28. The number of ether oxygens (including phenoxy) is 1. The Morgan fingerprint density at radius 3 is 2.69 bits per heavy atom. The normalized spacial score (nSPS) is 16.0. The third-order valence-corrected chi connectivity index (χ3v) is 6.49. The number of thioether (sulfide) groups is 1. The quantitative estimate of drug-likeness (QED) is 0.373. The van der Waals surface area contributed by atoms with Crippen LogP contribution >= 0.6 is 27.7 Å². The molecule has 166 valence electrons. The molecule has 1 atom stereocenters. The average molecular weight is 513 g/mol. The minimum Gasteiger partial charge on any atom is -0.398 e. The lowest BCUT2D eigenvalue weighted by Crippen LogP contribution is -2.44. The molecule has 1 saturated heterocycles. The number of aromatic amines is 1. The Morgan fingerprint density at radius 2 is 2.00 bits per heavy atom. The van der Waals surface area contributed by atoms with Gasteiger partial charge in [-0.2, -0.15) is 5.10 Å². The van der Waals surface area contributed by atoms with Crippen LogP contribution in [-0.2, 0) is 4.74 Å². The van der Waals surface area contributed by atoms with Gasteiger partial charge in [0.25, 0.3) is 0 Å². The molecule has 4 aromatic rings. The summed E-state index contributed by atoms with van der Waals surface area (Å²) in [4.78, 5) is 12.8. The Morgan fingerprint density at radius 1 is 1.19 bits per heavy atom. The number of fused-ring (bicyclic) bond motifs is 1. The lowest BCUT2D eigenvalue weighted by atomic mass is 10.1. The Hall–Kier alpha value is -2.62. The van der Waals surface area contributed by atoms with Crippen molar-refractivity contribution in [3.8, 4) is 11.4 Å². The number of pyridine rings is 2. The van der Waals surface area contributed by atoms with Crippen molar-refractivity contribution in [1.29, 1.82) is 0 Å². The molecule has 3 N–H and O–H groups in total. The van der Waals surface area contributed by atoms with Crippen LogP contribution in [0, 0.1) is 0 Å². The number of morpholine rings is 1. The number of hydrogen-bond acceptors (Lipinski definition) is 7. The van der Waals surface area contributed by atoms with E-state index in [4.69, 9.17) is 15.5 Å². The van der Waals surface area contributed by atoms with Crippen LogP contribution in [0.4, 0.5) is 11.5 Å². The van der Waals surface area contributed by atoms with E-state index in [1.165, 1.54) is 4.90 Å². The Bertz CT molecular complexity index is 1170. The zero-order valence-corrected chi connectivity index (χ0v) is 20.4. The van der Waals surface area contributed by atoms with Gasteiger partial charge in [0.1, 0.15) is 17.0 Å². The van der Waals surface area contributed by atoms with Crippen LogP contribution in [0.5, 0.6) is 0 Å². The van der Waals surface area contributed by atoms with Crippen LogP contribution < -0.4 is 10.6 Å². The summed E-state index contributed by atoms with van der Waals surface area (Å²) in [5.41, 5.74) is 9.35. The number of hydrogen-bond donors (Lipinski definition) is 2. The Kier molecular flexibility index (Phi) is 7.29. The Labute approximate surface area is 199 Å². The van der Waals surface area contributed by atoms with E-state index in [-0.39, 0.29) is 6.04 Å². The van der Waals surface area contributed by atoms with Crippen molar-refractivity contribution in [2.24, 2.45) is 0 Å². The van der Waals surface area contributed by atoms with Crippen LogP contribution in [-0.4, -0.2) is 52.2 Å². The molecule has 1 aromatic carbocycles. The lowest BCUT2D eigenvalue weighted by Gasteiger charge is -2.34. The molecule has 4 heterocycles. The second-order valence-corrected chi connectivity index (χ2v) is 9.17. The van der Waals surface area contributed by atoms with Crippen LogP contribution in [0.15, 0.2) is 64.2 Å². The van der Waals surface area contributed by atoms with Crippen LogP contribution in [0.2, 0.25) is 0 Å². The SMILES string of the molecule is CC1COCCN1c1cc(N)c2ccnc(-c3ccn[nH]3)c2n1.CSc1ccc(Br)cc1. The van der Waals surface area contributed by atoms with Crippen LogP contribution in [0.1, 0.15) is 6.92 Å². The third-order valence-electron chi connectivity index (χ3n) is 5.21. The number of nitrogens with zero attached hydrogens (tertiary/aromatic N) is 4. The number of anilines is 2. The summed E-state index contributed by atoms with van der Waals surface area (Å²) < 4.78 is 6.65. The highest BCUT2D eigenvalue weighted by Crippen LogP contribution is 2.31. The van der Waals surface area contributed by atoms with Gasteiger partial charge in [0, 0.05) is 45.4 Å². The summed E-state index contributed by atoms with van der Waals surface area (Å²) in [7, 11) is 0. The van der Waals surface area contributed by atoms with Gasteiger partial charge in [0.05, 0.1) is 24.9 Å². The smallest absolute Gasteiger partial charge is 0.131 e. The molecule has 3 aromatic heterocycles. The number of benzene rings is 1. The van der Waals surface area contributed by atoms with E-state index in [9.17, 15) is 0 Å². The summed E-state index contributed by atoms with van der Waals surface area (Å²) in [5.74, 6) is 0.861. The zero-order valence-electron chi connectivity index (χ0n) is 18.0. The van der Waals surface area contributed by atoms with Crippen LogP contribution in [0.25, 0.3) is 22.3 Å². The molecule has 1 unspecified atom stereocenters. The van der Waals surface area contributed by atoms with Crippen molar-refractivity contribution in [3.63, 3.8) is 0 Å². The van der Waals surface area contributed by atoms with Gasteiger partial charge < -0.3 is 15.4 Å². The topological polar surface area (TPSA) is 93.0 Å². The first kappa shape index (κ1) is 22.6. The van der Waals surface area contributed by atoms with Crippen molar-refractivity contribution < 1.29 is 4.74 Å². The van der Waals surface area contributed by atoms with E-state index in [1.807, 2.05) is 30.3 Å². The molecule has 9 heteroatoms. The van der Waals surface area contributed by atoms with Crippen LogP contribution in [0.3, 0.4) is 0 Å². The van der Waals surface area contributed by atoms with E-state index in [2.05, 4.69) is 61.3 Å². The molecule has 0 bridgehead atoms.